The second kappa shape index (κ2) is 8.11. The molecule has 30 heavy (non-hydrogen) atoms. The van der Waals surface area contributed by atoms with Crippen molar-refractivity contribution in [1.82, 2.24) is 19.9 Å². The Morgan fingerprint density at radius 2 is 1.80 bits per heavy atom. The summed E-state index contributed by atoms with van der Waals surface area (Å²) in [7, 11) is 0. The number of nitrogens with one attached hydrogen (secondary N) is 1. The van der Waals surface area contributed by atoms with E-state index in [0.29, 0.717) is 17.8 Å². The molecule has 0 aliphatic heterocycles. The molecule has 0 aliphatic carbocycles. The lowest BCUT2D eigenvalue weighted by atomic mass is 9.97. The number of fused-ring (bicyclic) bond motifs is 1. The average molecular weight is 399 g/mol. The number of rotatable bonds is 5. The molecule has 2 aromatic carbocycles. The van der Waals surface area contributed by atoms with Crippen LogP contribution in [0.15, 0.2) is 54.7 Å². The fourth-order valence-electron chi connectivity index (χ4n) is 3.78. The van der Waals surface area contributed by atoms with Crippen molar-refractivity contribution in [2.24, 2.45) is 0 Å². The number of aryl methyl sites for hydroxylation is 4. The Kier molecular flexibility index (Phi) is 5.36. The molecule has 0 saturated carbocycles. The zero-order valence-electron chi connectivity index (χ0n) is 17.9. The number of carbonyl (C=O) groups excluding carboxylic acids is 1. The second-order valence-electron chi connectivity index (χ2n) is 7.83. The predicted molar refractivity (Wildman–Crippen MR) is 119 cm³/mol. The lowest BCUT2D eigenvalue weighted by Crippen LogP contribution is -2.23. The minimum atomic E-state index is -0.164. The number of carbonyl (C=O) groups is 1. The minimum Gasteiger partial charge on any atom is -0.348 e. The van der Waals surface area contributed by atoms with Crippen molar-refractivity contribution in [3.8, 4) is 0 Å². The van der Waals surface area contributed by atoms with Crippen molar-refractivity contribution in [2.75, 3.05) is 0 Å². The van der Waals surface area contributed by atoms with Gasteiger partial charge in [0.15, 0.2) is 5.65 Å². The first-order chi connectivity index (χ1) is 14.4. The van der Waals surface area contributed by atoms with Crippen molar-refractivity contribution >= 4 is 11.6 Å². The maximum absolute atomic E-state index is 12.8. The van der Waals surface area contributed by atoms with E-state index in [-0.39, 0.29) is 5.91 Å². The number of amides is 1. The fourth-order valence-corrected chi connectivity index (χ4v) is 3.78. The molecule has 0 saturated heterocycles. The Hall–Kier alpha value is -3.47. The molecule has 4 aromatic rings. The summed E-state index contributed by atoms with van der Waals surface area (Å²) in [5.74, 6) is -0.164. The Bertz CT molecular complexity index is 1230. The lowest BCUT2D eigenvalue weighted by molar-refractivity contribution is 0.0952. The quantitative estimate of drug-likeness (QED) is 0.539. The third-order valence-corrected chi connectivity index (χ3v) is 5.62. The van der Waals surface area contributed by atoms with E-state index in [9.17, 15) is 4.79 Å². The molecule has 0 fully saturated rings. The van der Waals surface area contributed by atoms with Crippen LogP contribution in [0.2, 0.25) is 0 Å². The number of aromatic nitrogens is 3. The Morgan fingerprint density at radius 1 is 1.03 bits per heavy atom. The molecule has 0 bridgehead atoms. The van der Waals surface area contributed by atoms with Crippen LogP contribution in [0.1, 0.15) is 49.6 Å². The highest BCUT2D eigenvalue weighted by atomic mass is 16.1. The van der Waals surface area contributed by atoms with Crippen LogP contribution < -0.4 is 5.32 Å². The van der Waals surface area contributed by atoms with Gasteiger partial charge in [0.1, 0.15) is 5.56 Å². The van der Waals surface area contributed by atoms with Crippen LogP contribution in [0.4, 0.5) is 0 Å². The largest absolute Gasteiger partial charge is 0.348 e. The van der Waals surface area contributed by atoms with Gasteiger partial charge < -0.3 is 5.32 Å². The van der Waals surface area contributed by atoms with E-state index < -0.39 is 0 Å². The molecule has 5 heteroatoms. The lowest BCUT2D eigenvalue weighted by Gasteiger charge is -2.14. The van der Waals surface area contributed by atoms with E-state index in [1.807, 2.05) is 44.2 Å². The zero-order valence-corrected chi connectivity index (χ0v) is 17.9. The van der Waals surface area contributed by atoms with E-state index in [1.165, 1.54) is 16.7 Å². The third kappa shape index (κ3) is 3.83. The van der Waals surface area contributed by atoms with Gasteiger partial charge in [-0.2, -0.15) is 5.10 Å². The standard InChI is InChI=1S/C25H26N4O/c1-16-10-11-17(2)21(12-16)13-22-18(3)28-24-23(15-27-29(24)19(22)4)25(30)26-14-20-8-6-5-7-9-20/h5-12,15H,13-14H2,1-4H3,(H,26,30). The summed E-state index contributed by atoms with van der Waals surface area (Å²) in [5.41, 5.74) is 9.04. The molecule has 1 amide bonds. The summed E-state index contributed by atoms with van der Waals surface area (Å²) >= 11 is 0. The first kappa shape index (κ1) is 19.8. The van der Waals surface area contributed by atoms with Crippen LogP contribution in [0.5, 0.6) is 0 Å². The van der Waals surface area contributed by atoms with Crippen LogP contribution in [0, 0.1) is 27.7 Å². The summed E-state index contributed by atoms with van der Waals surface area (Å²) in [4.78, 5) is 17.5. The van der Waals surface area contributed by atoms with Crippen LogP contribution in [-0.4, -0.2) is 20.5 Å². The van der Waals surface area contributed by atoms with Crippen molar-refractivity contribution in [1.29, 1.82) is 0 Å². The molecule has 2 aromatic heterocycles. The molecule has 4 rings (SSSR count). The van der Waals surface area contributed by atoms with Crippen LogP contribution in [0.3, 0.4) is 0 Å². The molecule has 5 nitrogen and oxygen atoms in total. The number of hydrogen-bond donors (Lipinski definition) is 1. The Morgan fingerprint density at radius 3 is 2.57 bits per heavy atom. The Labute approximate surface area is 176 Å². The number of benzene rings is 2. The van der Waals surface area contributed by atoms with Gasteiger partial charge >= 0.3 is 0 Å². The van der Waals surface area contributed by atoms with Crippen LogP contribution in [0.25, 0.3) is 5.65 Å². The van der Waals surface area contributed by atoms with Crippen molar-refractivity contribution in [2.45, 2.75) is 40.7 Å². The van der Waals surface area contributed by atoms with Crippen LogP contribution in [-0.2, 0) is 13.0 Å². The first-order valence-corrected chi connectivity index (χ1v) is 10.2. The van der Waals surface area contributed by atoms with Gasteiger partial charge in [-0.15, -0.1) is 0 Å². The van der Waals surface area contributed by atoms with E-state index in [0.717, 1.165) is 28.9 Å². The van der Waals surface area contributed by atoms with Gasteiger partial charge in [0.25, 0.3) is 5.91 Å². The number of hydrogen-bond acceptors (Lipinski definition) is 3. The number of nitrogens with zero attached hydrogens (tertiary/aromatic N) is 3. The van der Waals surface area contributed by atoms with Crippen LogP contribution >= 0.6 is 0 Å². The van der Waals surface area contributed by atoms with E-state index in [2.05, 4.69) is 42.5 Å². The maximum atomic E-state index is 12.8. The van der Waals surface area contributed by atoms with Gasteiger partial charge in [0.2, 0.25) is 0 Å². The SMILES string of the molecule is Cc1ccc(C)c(Cc2c(C)nc3c(C(=O)NCc4ccccc4)cnn3c2C)c1. The minimum absolute atomic E-state index is 0.164. The van der Waals surface area contributed by atoms with Gasteiger partial charge in [0, 0.05) is 24.4 Å². The molecule has 0 unspecified atom stereocenters. The normalized spacial score (nSPS) is 11.1. The Balaban J connectivity index is 1.64. The van der Waals surface area contributed by atoms with E-state index in [1.54, 1.807) is 10.7 Å². The molecule has 0 radical (unpaired) electrons. The summed E-state index contributed by atoms with van der Waals surface area (Å²) in [5, 5.41) is 7.44. The van der Waals surface area contributed by atoms with E-state index >= 15 is 0 Å². The molecule has 0 aliphatic rings. The molecular weight excluding hydrogens is 372 g/mol. The topological polar surface area (TPSA) is 59.3 Å². The average Bonchev–Trinajstić information content (AvgIpc) is 3.16. The maximum Gasteiger partial charge on any atom is 0.257 e. The molecular formula is C25H26N4O. The highest BCUT2D eigenvalue weighted by Gasteiger charge is 2.18. The third-order valence-electron chi connectivity index (χ3n) is 5.62. The second-order valence-corrected chi connectivity index (χ2v) is 7.83. The zero-order chi connectivity index (χ0) is 21.3. The van der Waals surface area contributed by atoms with Gasteiger partial charge in [0.05, 0.1) is 6.20 Å². The molecule has 1 N–H and O–H groups in total. The highest BCUT2D eigenvalue weighted by Crippen LogP contribution is 2.22. The molecule has 0 spiro atoms. The van der Waals surface area contributed by atoms with Crippen molar-refractivity contribution in [3.05, 3.63) is 99.5 Å². The van der Waals surface area contributed by atoms with Gasteiger partial charge in [-0.1, -0.05) is 54.1 Å². The van der Waals surface area contributed by atoms with Gasteiger partial charge in [-0.25, -0.2) is 9.50 Å². The predicted octanol–water partition coefficient (Wildman–Crippen LogP) is 4.48. The summed E-state index contributed by atoms with van der Waals surface area (Å²) in [6, 6.07) is 16.4. The monoisotopic (exact) mass is 398 g/mol. The van der Waals surface area contributed by atoms with Crippen molar-refractivity contribution in [3.63, 3.8) is 0 Å². The van der Waals surface area contributed by atoms with E-state index in [4.69, 9.17) is 4.98 Å². The summed E-state index contributed by atoms with van der Waals surface area (Å²) in [6.07, 6.45) is 2.40. The molecule has 152 valence electrons. The molecule has 2 heterocycles. The summed E-state index contributed by atoms with van der Waals surface area (Å²) < 4.78 is 1.78. The fraction of sp³-hybridized carbons (Fsp3) is 0.240. The first-order valence-electron chi connectivity index (χ1n) is 10.2. The smallest absolute Gasteiger partial charge is 0.257 e. The van der Waals surface area contributed by atoms with Gasteiger partial charge in [-0.3, -0.25) is 4.79 Å². The summed E-state index contributed by atoms with van der Waals surface area (Å²) in [6.45, 7) is 8.76. The highest BCUT2D eigenvalue weighted by molar-refractivity contribution is 5.99. The molecule has 0 atom stereocenters. The van der Waals surface area contributed by atoms with Crippen molar-refractivity contribution < 1.29 is 4.79 Å². The van der Waals surface area contributed by atoms with Gasteiger partial charge in [-0.05, 0) is 49.9 Å².